The Labute approximate surface area is 272 Å². The van der Waals surface area contributed by atoms with E-state index in [2.05, 4.69) is 30.1 Å². The molecule has 5 N–H and O–H groups in total. The van der Waals surface area contributed by atoms with Crippen molar-refractivity contribution in [2.75, 3.05) is 0 Å². The number of nitro groups is 2. The first-order valence-corrected chi connectivity index (χ1v) is 13.3. The third-order valence-corrected chi connectivity index (χ3v) is 5.72. The van der Waals surface area contributed by atoms with Crippen LogP contribution in [0.5, 0.6) is 17.2 Å². The minimum atomic E-state index is -0.910. The van der Waals surface area contributed by atoms with E-state index in [1.165, 1.54) is 58.5 Å². The highest BCUT2D eigenvalue weighted by Crippen LogP contribution is 2.31. The number of carbonyl (C=O) groups excluding carboxylic acids is 2. The molecule has 0 radical (unpaired) electrons. The zero-order chi connectivity index (χ0) is 35.5. The van der Waals surface area contributed by atoms with Crippen molar-refractivity contribution in [3.63, 3.8) is 0 Å². The van der Waals surface area contributed by atoms with Crippen LogP contribution in [0.15, 0.2) is 98.1 Å². The van der Waals surface area contributed by atoms with E-state index in [1.54, 1.807) is 42.9 Å². The number of ether oxygens (including phenoxy) is 1. The highest BCUT2D eigenvalue weighted by molar-refractivity contribution is 5.94. The Morgan fingerprint density at radius 1 is 0.735 bits per heavy atom. The van der Waals surface area contributed by atoms with Crippen molar-refractivity contribution in [3.8, 4) is 28.6 Å². The summed E-state index contributed by atoms with van der Waals surface area (Å²) in [5.74, 6) is -4.13. The number of aromatic nitrogens is 8. The maximum absolute atomic E-state index is 12.3. The van der Waals surface area contributed by atoms with E-state index in [0.29, 0.717) is 11.4 Å². The average molecular weight is 673 g/mol. The molecule has 20 nitrogen and oxygen atoms in total. The summed E-state index contributed by atoms with van der Waals surface area (Å²) in [5, 5.41) is 38.2. The summed E-state index contributed by atoms with van der Waals surface area (Å²) in [4.78, 5) is 56.5. The van der Waals surface area contributed by atoms with Crippen LogP contribution in [-0.4, -0.2) is 66.3 Å². The molecule has 0 aliphatic heterocycles. The van der Waals surface area contributed by atoms with Crippen LogP contribution < -0.4 is 16.2 Å². The van der Waals surface area contributed by atoms with Crippen molar-refractivity contribution in [1.82, 2.24) is 39.5 Å². The monoisotopic (exact) mass is 672 g/mol. The number of hydrogen-bond acceptors (Lipinski definition) is 14. The highest BCUT2D eigenvalue weighted by Gasteiger charge is 2.22. The quantitative estimate of drug-likeness (QED) is 0.155. The molecule has 0 bridgehead atoms. The summed E-state index contributed by atoms with van der Waals surface area (Å²) in [6.07, 6.45) is 11.4. The zero-order valence-electron chi connectivity index (χ0n) is 24.5. The maximum Gasteiger partial charge on any atom is 0.406 e. The number of hydrogen-bond donors (Lipinski definition) is 3. The second kappa shape index (κ2) is 15.5. The van der Waals surface area contributed by atoms with Gasteiger partial charge in [0.25, 0.3) is 11.8 Å². The number of rotatable bonds is 8. The minimum absolute atomic E-state index is 0.0255. The third kappa shape index (κ3) is 8.72. The van der Waals surface area contributed by atoms with E-state index in [4.69, 9.17) is 16.2 Å². The number of nitrogens with zero attached hydrogens (tertiary/aromatic N) is 10. The lowest BCUT2D eigenvalue weighted by Crippen LogP contribution is -2.13. The predicted molar refractivity (Wildman–Crippen MR) is 163 cm³/mol. The number of pyridine rings is 4. The van der Waals surface area contributed by atoms with E-state index >= 15 is 0 Å². The van der Waals surface area contributed by atoms with Crippen LogP contribution >= 0.6 is 0 Å². The Bertz CT molecular complexity index is 2110. The summed E-state index contributed by atoms with van der Waals surface area (Å²) >= 11 is 0. The molecule has 6 aromatic heterocycles. The van der Waals surface area contributed by atoms with Gasteiger partial charge in [0.2, 0.25) is 11.6 Å². The van der Waals surface area contributed by atoms with Gasteiger partial charge in [0.05, 0.1) is 36.2 Å². The first kappa shape index (κ1) is 34.2. The van der Waals surface area contributed by atoms with Crippen molar-refractivity contribution >= 4 is 23.5 Å². The fraction of sp³-hybridized carbons (Fsp3) is 0. The first-order valence-electron chi connectivity index (χ1n) is 13.3. The van der Waals surface area contributed by atoms with Crippen LogP contribution in [-0.2, 0) is 0 Å². The maximum atomic E-state index is 12.3. The molecule has 248 valence electrons. The molecule has 6 rings (SSSR count). The molecule has 49 heavy (non-hydrogen) atoms. The summed E-state index contributed by atoms with van der Waals surface area (Å²) in [6, 6.07) is 12.0. The van der Waals surface area contributed by atoms with Gasteiger partial charge < -0.3 is 41.5 Å². The number of carbonyl (C=O) groups is 2. The number of amides is 2. The molecule has 0 aromatic carbocycles. The number of primary amides is 2. The fourth-order valence-corrected chi connectivity index (χ4v) is 3.62. The molecule has 0 aliphatic rings. The van der Waals surface area contributed by atoms with Crippen molar-refractivity contribution in [2.45, 2.75) is 0 Å². The minimum Gasteiger partial charge on any atom is -0.504 e. The second-order valence-electron chi connectivity index (χ2n) is 9.00. The molecule has 0 saturated carbocycles. The lowest BCUT2D eigenvalue weighted by atomic mass is 10.3. The van der Waals surface area contributed by atoms with Gasteiger partial charge in [-0.2, -0.15) is 14.6 Å². The molecular weight excluding hydrogens is 651 g/mol. The van der Waals surface area contributed by atoms with Gasteiger partial charge in [-0.15, -0.1) is 0 Å². The van der Waals surface area contributed by atoms with Crippen LogP contribution in [0.3, 0.4) is 0 Å². The smallest absolute Gasteiger partial charge is 0.406 e. The summed E-state index contributed by atoms with van der Waals surface area (Å²) in [6.45, 7) is 0. The number of halogens is 1. The van der Waals surface area contributed by atoms with Gasteiger partial charge >= 0.3 is 11.6 Å². The molecule has 2 amide bonds. The summed E-state index contributed by atoms with van der Waals surface area (Å²) in [7, 11) is 0. The van der Waals surface area contributed by atoms with E-state index < -0.39 is 39.1 Å². The lowest BCUT2D eigenvalue weighted by molar-refractivity contribution is -0.392. The SMILES string of the molecule is NC(=O)c1nn(-c2cccnc2)cc1O.NC(=O)c1nn(-c2cccnc2)cc1Oc1cccnc1[N+](=O)[O-].O=[N+]([O-])c1ncccc1F. The standard InChI is InChI=1S/C14H10N6O4.C9H8N4O2.C5H3FN2O2/c15-13(21)12-11(8-19(18-12)9-3-1-5-16-7-9)24-10-4-2-6-17-14(10)20(22)23;10-9(15)8-7(14)5-13(12-8)6-2-1-3-11-4-6;6-4-2-1-3-7-5(4)8(9)10/h1-8H,(H2,15,21);1-5,14H,(H2,10,15);1-3H. The van der Waals surface area contributed by atoms with Crippen LogP contribution in [0.2, 0.25) is 0 Å². The molecule has 0 atom stereocenters. The molecule has 0 saturated heterocycles. The van der Waals surface area contributed by atoms with E-state index in [0.717, 1.165) is 6.07 Å². The molecule has 21 heteroatoms. The van der Waals surface area contributed by atoms with Gasteiger partial charge in [-0.1, -0.05) is 0 Å². The van der Waals surface area contributed by atoms with E-state index in [9.17, 15) is 39.3 Å². The average Bonchev–Trinajstić information content (AvgIpc) is 3.70. The van der Waals surface area contributed by atoms with Gasteiger partial charge in [0.15, 0.2) is 22.9 Å². The Morgan fingerprint density at radius 2 is 1.24 bits per heavy atom. The van der Waals surface area contributed by atoms with Gasteiger partial charge in [-0.05, 0) is 68.3 Å². The Morgan fingerprint density at radius 3 is 1.71 bits per heavy atom. The van der Waals surface area contributed by atoms with Crippen molar-refractivity contribution in [2.24, 2.45) is 11.5 Å². The highest BCUT2D eigenvalue weighted by atomic mass is 19.1. The zero-order valence-corrected chi connectivity index (χ0v) is 24.5. The molecule has 6 heterocycles. The summed E-state index contributed by atoms with van der Waals surface area (Å²) < 4.78 is 20.5. The Hall–Kier alpha value is -7.71. The molecule has 0 aliphatic carbocycles. The van der Waals surface area contributed by atoms with E-state index in [1.807, 2.05) is 0 Å². The van der Waals surface area contributed by atoms with Crippen LogP contribution in [0.1, 0.15) is 21.0 Å². The largest absolute Gasteiger partial charge is 0.504 e. The fourth-order valence-electron chi connectivity index (χ4n) is 3.62. The van der Waals surface area contributed by atoms with Gasteiger partial charge in [-0.3, -0.25) is 19.6 Å². The molecule has 0 fully saturated rings. The van der Waals surface area contributed by atoms with Crippen LogP contribution in [0.25, 0.3) is 11.4 Å². The van der Waals surface area contributed by atoms with Gasteiger partial charge in [-0.25, -0.2) is 9.36 Å². The predicted octanol–water partition coefficient (Wildman–Crippen LogP) is 2.66. The van der Waals surface area contributed by atoms with Crippen molar-refractivity contribution < 1.29 is 33.7 Å². The molecular formula is C28H21FN12O8. The molecule has 6 aromatic rings. The van der Waals surface area contributed by atoms with Crippen molar-refractivity contribution in [3.05, 3.63) is 136 Å². The topological polar surface area (TPSA) is 289 Å². The number of nitrogens with two attached hydrogens (primary N) is 2. The van der Waals surface area contributed by atoms with Crippen LogP contribution in [0, 0.1) is 26.0 Å². The second-order valence-corrected chi connectivity index (χ2v) is 9.00. The third-order valence-electron chi connectivity index (χ3n) is 5.72. The first-order chi connectivity index (χ1) is 23.5. The number of aromatic hydroxyl groups is 1. The van der Waals surface area contributed by atoms with Crippen LogP contribution in [0.4, 0.5) is 16.0 Å². The van der Waals surface area contributed by atoms with Gasteiger partial charge in [0.1, 0.15) is 12.4 Å². The molecule has 0 spiro atoms. The van der Waals surface area contributed by atoms with E-state index in [-0.39, 0.29) is 28.6 Å². The summed E-state index contributed by atoms with van der Waals surface area (Å²) in [5.41, 5.74) is 11.2. The lowest BCUT2D eigenvalue weighted by Gasteiger charge is -2.03. The van der Waals surface area contributed by atoms with Crippen molar-refractivity contribution in [1.29, 1.82) is 0 Å². The Kier molecular flexibility index (Phi) is 10.8. The van der Waals surface area contributed by atoms with Gasteiger partial charge in [0, 0.05) is 12.4 Å². The Balaban J connectivity index is 0.000000184. The molecule has 0 unspecified atom stereocenters. The normalized spacial score (nSPS) is 10.1.